The van der Waals surface area contributed by atoms with Crippen molar-refractivity contribution in [1.29, 1.82) is 0 Å². The van der Waals surface area contributed by atoms with Gasteiger partial charge >= 0.3 is 0 Å². The van der Waals surface area contributed by atoms with E-state index in [0.717, 1.165) is 56.5 Å². The summed E-state index contributed by atoms with van der Waals surface area (Å²) in [6.07, 6.45) is 0. The molecule has 1 heterocycles. The van der Waals surface area contributed by atoms with Crippen LogP contribution in [0.25, 0.3) is 0 Å². The summed E-state index contributed by atoms with van der Waals surface area (Å²) in [5.74, 6) is 2.36. The number of rotatable bonds is 8. The molecule has 1 aromatic carbocycles. The summed E-state index contributed by atoms with van der Waals surface area (Å²) in [6.45, 7) is 19.8. The van der Waals surface area contributed by atoms with Gasteiger partial charge in [-0.2, -0.15) is 0 Å². The topological polar surface area (TPSA) is 52.1 Å². The zero-order valence-electron chi connectivity index (χ0n) is 20.2. The van der Waals surface area contributed by atoms with Crippen LogP contribution in [0.15, 0.2) is 29.3 Å². The zero-order chi connectivity index (χ0) is 22.1. The molecule has 0 aromatic heterocycles. The highest BCUT2D eigenvalue weighted by Crippen LogP contribution is 2.23. The van der Waals surface area contributed by atoms with E-state index in [1.807, 2.05) is 18.2 Å². The van der Waals surface area contributed by atoms with Crippen LogP contribution in [-0.4, -0.2) is 73.7 Å². The van der Waals surface area contributed by atoms with E-state index < -0.39 is 0 Å². The van der Waals surface area contributed by atoms with Crippen molar-refractivity contribution in [3.8, 4) is 5.75 Å². The number of guanidine groups is 1. The Morgan fingerprint density at radius 3 is 2.37 bits per heavy atom. The maximum absolute atomic E-state index is 6.12. The molecule has 1 atom stereocenters. The fourth-order valence-corrected chi connectivity index (χ4v) is 3.71. The average Bonchev–Trinajstić information content (AvgIpc) is 2.67. The number of piperazine rings is 1. The third-order valence-corrected chi connectivity index (χ3v) is 5.40. The first-order valence-corrected chi connectivity index (χ1v) is 11.4. The number of nitrogens with zero attached hydrogens (tertiary/aromatic N) is 3. The Morgan fingerprint density at radius 1 is 1.10 bits per heavy atom. The molecule has 170 valence electrons. The van der Waals surface area contributed by atoms with E-state index in [9.17, 15) is 0 Å². The minimum atomic E-state index is -0.227. The maximum Gasteiger partial charge on any atom is 0.191 e. The number of hydrogen-bond acceptors (Lipinski definition) is 4. The van der Waals surface area contributed by atoms with E-state index in [4.69, 9.17) is 9.73 Å². The molecule has 0 radical (unpaired) electrons. The molecule has 1 saturated heterocycles. The number of benzene rings is 1. The molecular weight excluding hydrogens is 374 g/mol. The van der Waals surface area contributed by atoms with Crippen molar-refractivity contribution in [2.75, 3.05) is 46.3 Å². The Balaban J connectivity index is 2.03. The lowest BCUT2D eigenvalue weighted by Gasteiger charge is -2.40. The number of ether oxygens (including phenoxy) is 1. The summed E-state index contributed by atoms with van der Waals surface area (Å²) in [7, 11) is 2.21. The Morgan fingerprint density at radius 2 is 1.77 bits per heavy atom. The molecule has 0 spiro atoms. The number of aliphatic imine (C=N–C) groups is 1. The van der Waals surface area contributed by atoms with Gasteiger partial charge in [0.05, 0.1) is 6.54 Å². The highest BCUT2D eigenvalue weighted by molar-refractivity contribution is 5.79. The van der Waals surface area contributed by atoms with Crippen LogP contribution < -0.4 is 15.4 Å². The number of likely N-dealkylation sites (N-methyl/N-ethyl adjacent to an activating group) is 1. The van der Waals surface area contributed by atoms with Gasteiger partial charge < -0.3 is 20.3 Å². The zero-order valence-corrected chi connectivity index (χ0v) is 20.2. The van der Waals surface area contributed by atoms with Crippen LogP contribution in [0.4, 0.5) is 0 Å². The van der Waals surface area contributed by atoms with Crippen molar-refractivity contribution in [3.63, 3.8) is 0 Å². The monoisotopic (exact) mass is 417 g/mol. The molecule has 6 heteroatoms. The van der Waals surface area contributed by atoms with Crippen LogP contribution in [0.2, 0.25) is 0 Å². The van der Waals surface area contributed by atoms with Gasteiger partial charge in [0.15, 0.2) is 5.96 Å². The lowest BCUT2D eigenvalue weighted by molar-refractivity contribution is 0.0900. The van der Waals surface area contributed by atoms with Crippen LogP contribution in [-0.2, 0) is 6.54 Å². The summed E-state index contributed by atoms with van der Waals surface area (Å²) < 4.78 is 6.12. The van der Waals surface area contributed by atoms with E-state index in [2.05, 4.69) is 75.1 Å². The van der Waals surface area contributed by atoms with E-state index in [1.165, 1.54) is 0 Å². The Labute approximate surface area is 184 Å². The highest BCUT2D eigenvalue weighted by atomic mass is 16.5. The summed E-state index contributed by atoms with van der Waals surface area (Å²) >= 11 is 0. The largest absolute Gasteiger partial charge is 0.488 e. The SMILES string of the molecule is CCNC(=NCc1ccccc1OC(C)(C)C)NCC(C(C)C)N1CCN(C)CC1. The Bertz CT molecular complexity index is 660. The molecular formula is C24H43N5O. The molecule has 1 aliphatic rings. The minimum absolute atomic E-state index is 0.227. The number of nitrogens with one attached hydrogen (secondary N) is 2. The van der Waals surface area contributed by atoms with E-state index in [-0.39, 0.29) is 5.60 Å². The van der Waals surface area contributed by atoms with Crippen LogP contribution >= 0.6 is 0 Å². The van der Waals surface area contributed by atoms with Gasteiger partial charge in [-0.1, -0.05) is 32.0 Å². The molecule has 6 nitrogen and oxygen atoms in total. The van der Waals surface area contributed by atoms with Gasteiger partial charge in [-0.25, -0.2) is 4.99 Å². The van der Waals surface area contributed by atoms with Gasteiger partial charge in [0, 0.05) is 50.9 Å². The molecule has 1 aliphatic heterocycles. The van der Waals surface area contributed by atoms with Crippen molar-refractivity contribution in [1.82, 2.24) is 20.4 Å². The van der Waals surface area contributed by atoms with Gasteiger partial charge in [-0.15, -0.1) is 0 Å². The van der Waals surface area contributed by atoms with E-state index in [0.29, 0.717) is 18.5 Å². The second-order valence-electron chi connectivity index (χ2n) is 9.55. The van der Waals surface area contributed by atoms with Crippen LogP contribution in [0.1, 0.15) is 47.1 Å². The fraction of sp³-hybridized carbons (Fsp3) is 0.708. The van der Waals surface area contributed by atoms with Gasteiger partial charge in [-0.3, -0.25) is 4.90 Å². The third-order valence-electron chi connectivity index (χ3n) is 5.40. The fourth-order valence-electron chi connectivity index (χ4n) is 3.71. The van der Waals surface area contributed by atoms with Crippen molar-refractivity contribution in [3.05, 3.63) is 29.8 Å². The molecule has 0 amide bonds. The smallest absolute Gasteiger partial charge is 0.191 e. The van der Waals surface area contributed by atoms with Gasteiger partial charge in [0.25, 0.3) is 0 Å². The Kier molecular flexibility index (Phi) is 9.43. The number of hydrogen-bond donors (Lipinski definition) is 2. The first-order chi connectivity index (χ1) is 14.2. The quantitative estimate of drug-likeness (QED) is 0.503. The normalized spacial score (nSPS) is 17.8. The lowest BCUT2D eigenvalue weighted by atomic mass is 10.0. The maximum atomic E-state index is 6.12. The third kappa shape index (κ3) is 8.15. The van der Waals surface area contributed by atoms with Crippen LogP contribution in [0, 0.1) is 5.92 Å². The Hall–Kier alpha value is -1.79. The second-order valence-corrected chi connectivity index (χ2v) is 9.55. The molecule has 0 aliphatic carbocycles. The van der Waals surface area contributed by atoms with Gasteiger partial charge in [0.1, 0.15) is 11.4 Å². The molecule has 2 N–H and O–H groups in total. The summed E-state index contributed by atoms with van der Waals surface area (Å²) in [4.78, 5) is 9.88. The van der Waals surface area contributed by atoms with Gasteiger partial charge in [0.2, 0.25) is 0 Å². The summed E-state index contributed by atoms with van der Waals surface area (Å²) in [5.41, 5.74) is 0.874. The molecule has 0 bridgehead atoms. The molecule has 30 heavy (non-hydrogen) atoms. The molecule has 1 aromatic rings. The number of para-hydroxylation sites is 1. The van der Waals surface area contributed by atoms with Crippen molar-refractivity contribution < 1.29 is 4.74 Å². The van der Waals surface area contributed by atoms with Gasteiger partial charge in [-0.05, 0) is 46.7 Å². The van der Waals surface area contributed by atoms with Crippen LogP contribution in [0.3, 0.4) is 0 Å². The first-order valence-electron chi connectivity index (χ1n) is 11.4. The summed E-state index contributed by atoms with van der Waals surface area (Å²) in [6, 6.07) is 8.68. The van der Waals surface area contributed by atoms with Crippen LogP contribution in [0.5, 0.6) is 5.75 Å². The van der Waals surface area contributed by atoms with Crippen molar-refractivity contribution >= 4 is 5.96 Å². The van der Waals surface area contributed by atoms with Crippen molar-refractivity contribution in [2.24, 2.45) is 10.9 Å². The predicted octanol–water partition coefficient (Wildman–Crippen LogP) is 3.19. The summed E-state index contributed by atoms with van der Waals surface area (Å²) in [5, 5.41) is 6.99. The van der Waals surface area contributed by atoms with E-state index >= 15 is 0 Å². The molecule has 1 fully saturated rings. The standard InChI is InChI=1S/C24H43N5O/c1-8-25-23(26-17-20-11-9-10-12-22(20)30-24(4,5)6)27-18-21(19(2)3)29-15-13-28(7)14-16-29/h9-12,19,21H,8,13-18H2,1-7H3,(H2,25,26,27). The molecule has 1 unspecified atom stereocenters. The highest BCUT2D eigenvalue weighted by Gasteiger charge is 2.25. The molecule has 2 rings (SSSR count). The van der Waals surface area contributed by atoms with Crippen molar-refractivity contribution in [2.45, 2.75) is 59.7 Å². The second kappa shape index (κ2) is 11.6. The lowest BCUT2D eigenvalue weighted by Crippen LogP contribution is -2.55. The minimum Gasteiger partial charge on any atom is -0.488 e. The molecule has 0 saturated carbocycles. The predicted molar refractivity (Wildman–Crippen MR) is 127 cm³/mol. The average molecular weight is 418 g/mol. The first kappa shape index (κ1) is 24.5. The van der Waals surface area contributed by atoms with E-state index in [1.54, 1.807) is 0 Å².